The third kappa shape index (κ3) is 5.55. The lowest BCUT2D eigenvalue weighted by Gasteiger charge is -2.07. The number of methoxy groups -OCH3 is 1. The number of nitrogens with zero attached hydrogens (tertiary/aromatic N) is 4. The molecule has 0 unspecified atom stereocenters. The summed E-state index contributed by atoms with van der Waals surface area (Å²) in [6.07, 6.45) is 0. The fourth-order valence-electron chi connectivity index (χ4n) is 3.09. The molecule has 8 nitrogen and oxygen atoms in total. The van der Waals surface area contributed by atoms with Gasteiger partial charge in [-0.05, 0) is 55.5 Å². The molecule has 4 rings (SSSR count). The van der Waals surface area contributed by atoms with E-state index in [-0.39, 0.29) is 18.3 Å². The molecule has 2 aromatic carbocycles. The summed E-state index contributed by atoms with van der Waals surface area (Å²) in [5.74, 6) is 1.64. The van der Waals surface area contributed by atoms with Crippen molar-refractivity contribution in [2.75, 3.05) is 12.9 Å². The van der Waals surface area contributed by atoms with Crippen LogP contribution in [0, 0.1) is 0 Å². The van der Waals surface area contributed by atoms with Gasteiger partial charge in [0.2, 0.25) is 0 Å². The van der Waals surface area contributed by atoms with E-state index in [1.807, 2.05) is 47.9 Å². The van der Waals surface area contributed by atoms with Gasteiger partial charge in [0.05, 0.1) is 12.9 Å². The van der Waals surface area contributed by atoms with Crippen LogP contribution in [-0.2, 0) is 22.7 Å². The third-order valence-electron chi connectivity index (χ3n) is 4.77. The first-order valence-corrected chi connectivity index (χ1v) is 11.5. The summed E-state index contributed by atoms with van der Waals surface area (Å²) in [5, 5.41) is 13.8. The highest BCUT2D eigenvalue weighted by atomic mass is 35.5. The van der Waals surface area contributed by atoms with Gasteiger partial charge in [0.15, 0.2) is 23.3 Å². The highest BCUT2D eigenvalue weighted by Crippen LogP contribution is 2.26. The number of benzene rings is 2. The standard InChI is InChI=1S/C23H21ClN4O4S/c1-3-28-22(16-4-8-17(24)9-5-16)25-26-23(28)33-14-21(29)31-13-19-12-20(27-32-19)15-6-10-18(30-2)11-7-15/h4-12H,3,13-14H2,1-2H3. The summed E-state index contributed by atoms with van der Waals surface area (Å²) in [6.45, 7) is 2.66. The lowest BCUT2D eigenvalue weighted by molar-refractivity contribution is -0.142. The largest absolute Gasteiger partial charge is 0.497 e. The molecular weight excluding hydrogens is 464 g/mol. The van der Waals surface area contributed by atoms with Crippen molar-refractivity contribution in [3.05, 3.63) is 65.4 Å². The number of aromatic nitrogens is 4. The molecule has 0 aliphatic rings. The van der Waals surface area contributed by atoms with E-state index in [9.17, 15) is 4.79 Å². The number of halogens is 1. The second-order valence-corrected chi connectivity index (χ2v) is 8.29. The monoisotopic (exact) mass is 484 g/mol. The number of rotatable bonds is 9. The van der Waals surface area contributed by atoms with Crippen LogP contribution in [0.5, 0.6) is 5.75 Å². The van der Waals surface area contributed by atoms with Gasteiger partial charge < -0.3 is 18.6 Å². The topological polar surface area (TPSA) is 92.3 Å². The normalized spacial score (nSPS) is 10.9. The molecule has 170 valence electrons. The molecule has 0 atom stereocenters. The fourth-order valence-corrected chi connectivity index (χ4v) is 4.01. The maximum Gasteiger partial charge on any atom is 0.316 e. The van der Waals surface area contributed by atoms with Gasteiger partial charge >= 0.3 is 5.97 Å². The van der Waals surface area contributed by atoms with Crippen LogP contribution in [0.4, 0.5) is 0 Å². The van der Waals surface area contributed by atoms with Crippen molar-refractivity contribution in [3.63, 3.8) is 0 Å². The number of carbonyl (C=O) groups excluding carboxylic acids is 1. The molecule has 0 N–H and O–H groups in total. The first-order chi connectivity index (χ1) is 16.1. The summed E-state index contributed by atoms with van der Waals surface area (Å²) >= 11 is 7.24. The van der Waals surface area contributed by atoms with E-state index in [4.69, 9.17) is 25.6 Å². The maximum absolute atomic E-state index is 12.3. The van der Waals surface area contributed by atoms with Gasteiger partial charge in [-0.1, -0.05) is 28.5 Å². The highest BCUT2D eigenvalue weighted by molar-refractivity contribution is 7.99. The van der Waals surface area contributed by atoms with Crippen molar-refractivity contribution in [2.24, 2.45) is 0 Å². The Kier molecular flexibility index (Phi) is 7.31. The lowest BCUT2D eigenvalue weighted by atomic mass is 10.1. The van der Waals surface area contributed by atoms with Crippen LogP contribution < -0.4 is 4.74 Å². The molecule has 0 fully saturated rings. The van der Waals surface area contributed by atoms with Crippen molar-refractivity contribution in [1.29, 1.82) is 0 Å². The maximum atomic E-state index is 12.3. The van der Waals surface area contributed by atoms with Crippen molar-refractivity contribution in [3.8, 4) is 28.4 Å². The first kappa shape index (κ1) is 22.9. The minimum atomic E-state index is -0.388. The molecule has 2 heterocycles. The molecule has 0 saturated carbocycles. The molecule has 0 aliphatic heterocycles. The van der Waals surface area contributed by atoms with Crippen LogP contribution in [0.1, 0.15) is 12.7 Å². The Balaban J connectivity index is 1.32. The highest BCUT2D eigenvalue weighted by Gasteiger charge is 2.16. The zero-order valence-electron chi connectivity index (χ0n) is 18.0. The third-order valence-corrected chi connectivity index (χ3v) is 5.97. The van der Waals surface area contributed by atoms with E-state index in [0.717, 1.165) is 22.7 Å². The van der Waals surface area contributed by atoms with Gasteiger partial charge in [-0.15, -0.1) is 10.2 Å². The molecule has 33 heavy (non-hydrogen) atoms. The molecule has 0 aliphatic carbocycles. The molecule has 0 amide bonds. The Bertz CT molecular complexity index is 1220. The summed E-state index contributed by atoms with van der Waals surface area (Å²) in [5.41, 5.74) is 2.44. The lowest BCUT2D eigenvalue weighted by Crippen LogP contribution is -2.08. The van der Waals surface area contributed by atoms with Crippen LogP contribution in [0.3, 0.4) is 0 Å². The average molecular weight is 485 g/mol. The quantitative estimate of drug-likeness (QED) is 0.239. The van der Waals surface area contributed by atoms with E-state index in [2.05, 4.69) is 15.4 Å². The number of thioether (sulfide) groups is 1. The molecule has 0 saturated heterocycles. The van der Waals surface area contributed by atoms with Gasteiger partial charge in [-0.2, -0.15) is 0 Å². The van der Waals surface area contributed by atoms with E-state index < -0.39 is 0 Å². The SMILES string of the molecule is CCn1c(SCC(=O)OCc2cc(-c3ccc(OC)cc3)no2)nnc1-c1ccc(Cl)cc1. The first-order valence-electron chi connectivity index (χ1n) is 10.1. The Morgan fingerprint density at radius 2 is 1.82 bits per heavy atom. The second kappa shape index (κ2) is 10.5. The Morgan fingerprint density at radius 3 is 2.52 bits per heavy atom. The molecular formula is C23H21ClN4O4S. The smallest absolute Gasteiger partial charge is 0.316 e. The van der Waals surface area contributed by atoms with Crippen LogP contribution in [-0.4, -0.2) is 38.8 Å². The van der Waals surface area contributed by atoms with E-state index in [0.29, 0.717) is 28.2 Å². The number of esters is 1. The molecule has 4 aromatic rings. The Labute approximate surface area is 199 Å². The zero-order chi connectivity index (χ0) is 23.2. The number of carbonyl (C=O) groups is 1. The van der Waals surface area contributed by atoms with Crippen molar-refractivity contribution >= 4 is 29.3 Å². The van der Waals surface area contributed by atoms with Gasteiger partial charge in [0.25, 0.3) is 0 Å². The summed E-state index contributed by atoms with van der Waals surface area (Å²) in [7, 11) is 1.61. The van der Waals surface area contributed by atoms with Crippen LogP contribution in [0.25, 0.3) is 22.6 Å². The van der Waals surface area contributed by atoms with Crippen molar-refractivity contribution < 1.29 is 18.8 Å². The average Bonchev–Trinajstić information content (AvgIpc) is 3.49. The molecule has 2 aromatic heterocycles. The summed E-state index contributed by atoms with van der Waals surface area (Å²) in [6, 6.07) is 16.6. The predicted octanol–water partition coefficient (Wildman–Crippen LogP) is 5.12. The Hall–Kier alpha value is -3.30. The number of hydrogen-bond acceptors (Lipinski definition) is 8. The summed E-state index contributed by atoms with van der Waals surface area (Å²) < 4.78 is 17.7. The number of ether oxygens (including phenoxy) is 2. The van der Waals surface area contributed by atoms with Gasteiger partial charge in [-0.3, -0.25) is 4.79 Å². The van der Waals surface area contributed by atoms with Crippen LogP contribution >= 0.6 is 23.4 Å². The van der Waals surface area contributed by atoms with Gasteiger partial charge in [0, 0.05) is 28.8 Å². The van der Waals surface area contributed by atoms with E-state index >= 15 is 0 Å². The van der Waals surface area contributed by atoms with Crippen LogP contribution in [0.15, 0.2) is 64.3 Å². The van der Waals surface area contributed by atoms with Crippen molar-refractivity contribution in [1.82, 2.24) is 19.9 Å². The van der Waals surface area contributed by atoms with E-state index in [1.54, 1.807) is 25.3 Å². The van der Waals surface area contributed by atoms with Crippen LogP contribution in [0.2, 0.25) is 5.02 Å². The molecule has 10 heteroatoms. The van der Waals surface area contributed by atoms with Gasteiger partial charge in [-0.25, -0.2) is 0 Å². The zero-order valence-corrected chi connectivity index (χ0v) is 19.6. The molecule has 0 bridgehead atoms. The molecule has 0 radical (unpaired) electrons. The molecule has 0 spiro atoms. The van der Waals surface area contributed by atoms with Gasteiger partial charge in [0.1, 0.15) is 11.4 Å². The van der Waals surface area contributed by atoms with E-state index in [1.165, 1.54) is 11.8 Å². The minimum absolute atomic E-state index is 0.000951. The second-order valence-electron chi connectivity index (χ2n) is 6.91. The predicted molar refractivity (Wildman–Crippen MR) is 125 cm³/mol. The fraction of sp³-hybridized carbons (Fsp3) is 0.217. The summed E-state index contributed by atoms with van der Waals surface area (Å²) in [4.78, 5) is 12.3. The minimum Gasteiger partial charge on any atom is -0.497 e. The van der Waals surface area contributed by atoms with Crippen molar-refractivity contribution in [2.45, 2.75) is 25.2 Å². The number of hydrogen-bond donors (Lipinski definition) is 0. The Morgan fingerprint density at radius 1 is 1.09 bits per heavy atom.